The third-order valence-corrected chi connectivity index (χ3v) is 4.36. The summed E-state index contributed by atoms with van der Waals surface area (Å²) < 4.78 is 0. The van der Waals surface area contributed by atoms with Crippen molar-refractivity contribution >= 4 is 5.91 Å². The summed E-state index contributed by atoms with van der Waals surface area (Å²) in [6.45, 7) is 5.99. The maximum Gasteiger partial charge on any atom is 0.252 e. The van der Waals surface area contributed by atoms with E-state index in [-0.39, 0.29) is 11.9 Å². The van der Waals surface area contributed by atoms with Crippen LogP contribution in [0.1, 0.15) is 46.7 Å². The first-order valence-corrected chi connectivity index (χ1v) is 8.57. The number of rotatable bonds is 5. The predicted molar refractivity (Wildman–Crippen MR) is 100 cm³/mol. The summed E-state index contributed by atoms with van der Waals surface area (Å²) in [5, 5.41) is 3.10. The molecule has 25 heavy (non-hydrogen) atoms. The van der Waals surface area contributed by atoms with Gasteiger partial charge in [-0.25, -0.2) is 4.98 Å². The van der Waals surface area contributed by atoms with Crippen molar-refractivity contribution < 1.29 is 4.79 Å². The van der Waals surface area contributed by atoms with Crippen LogP contribution in [0.3, 0.4) is 0 Å². The SMILES string of the molecule is CCC(NC(=O)c1cc(C)ccc1C)c1ncc(-c2ccccc2)[nH]1. The highest BCUT2D eigenvalue weighted by Gasteiger charge is 2.18. The van der Waals surface area contributed by atoms with Crippen molar-refractivity contribution in [1.29, 1.82) is 0 Å². The lowest BCUT2D eigenvalue weighted by Crippen LogP contribution is -2.29. The van der Waals surface area contributed by atoms with E-state index in [9.17, 15) is 4.79 Å². The summed E-state index contributed by atoms with van der Waals surface area (Å²) in [7, 11) is 0. The van der Waals surface area contributed by atoms with Crippen molar-refractivity contribution in [3.63, 3.8) is 0 Å². The van der Waals surface area contributed by atoms with E-state index in [1.54, 1.807) is 0 Å². The molecule has 2 aromatic carbocycles. The van der Waals surface area contributed by atoms with Gasteiger partial charge in [-0.3, -0.25) is 4.79 Å². The molecular weight excluding hydrogens is 310 g/mol. The molecule has 3 aromatic rings. The van der Waals surface area contributed by atoms with Gasteiger partial charge >= 0.3 is 0 Å². The summed E-state index contributed by atoms with van der Waals surface area (Å²) in [5.41, 5.74) is 4.80. The number of nitrogens with one attached hydrogen (secondary N) is 2. The van der Waals surface area contributed by atoms with Crippen LogP contribution in [0, 0.1) is 13.8 Å². The quantitative estimate of drug-likeness (QED) is 0.718. The number of hydrogen-bond acceptors (Lipinski definition) is 2. The first-order valence-electron chi connectivity index (χ1n) is 8.57. The summed E-state index contributed by atoms with van der Waals surface area (Å²) >= 11 is 0. The lowest BCUT2D eigenvalue weighted by molar-refractivity contribution is 0.0933. The minimum absolute atomic E-state index is 0.0642. The Morgan fingerprint density at radius 3 is 2.64 bits per heavy atom. The Labute approximate surface area is 148 Å². The fraction of sp³-hybridized carbons (Fsp3) is 0.238. The van der Waals surface area contributed by atoms with Crippen LogP contribution < -0.4 is 5.32 Å². The molecule has 1 amide bonds. The fourth-order valence-electron chi connectivity index (χ4n) is 2.86. The van der Waals surface area contributed by atoms with Crippen molar-refractivity contribution in [2.75, 3.05) is 0 Å². The van der Waals surface area contributed by atoms with Crippen LogP contribution in [-0.2, 0) is 0 Å². The Morgan fingerprint density at radius 1 is 1.16 bits per heavy atom. The zero-order valence-corrected chi connectivity index (χ0v) is 14.8. The van der Waals surface area contributed by atoms with E-state index >= 15 is 0 Å². The Kier molecular flexibility index (Phi) is 4.98. The zero-order chi connectivity index (χ0) is 17.8. The Hall–Kier alpha value is -2.88. The zero-order valence-electron chi connectivity index (χ0n) is 14.8. The molecule has 0 radical (unpaired) electrons. The standard InChI is InChI=1S/C21H23N3O/c1-4-18(24-21(25)17-12-14(2)10-11-15(17)3)20-22-13-19(23-20)16-8-6-5-7-9-16/h5-13,18H,4H2,1-3H3,(H,22,23)(H,24,25). The van der Waals surface area contributed by atoms with E-state index in [0.29, 0.717) is 5.56 Å². The van der Waals surface area contributed by atoms with Gasteiger partial charge in [0, 0.05) is 5.56 Å². The molecule has 2 N–H and O–H groups in total. The maximum absolute atomic E-state index is 12.7. The monoisotopic (exact) mass is 333 g/mol. The average Bonchev–Trinajstić information content (AvgIpc) is 3.12. The van der Waals surface area contributed by atoms with Gasteiger partial charge in [0.2, 0.25) is 0 Å². The largest absolute Gasteiger partial charge is 0.342 e. The molecule has 0 bridgehead atoms. The number of H-pyrrole nitrogens is 1. The van der Waals surface area contributed by atoms with E-state index < -0.39 is 0 Å². The van der Waals surface area contributed by atoms with Crippen molar-refractivity contribution in [2.24, 2.45) is 0 Å². The summed E-state index contributed by atoms with van der Waals surface area (Å²) in [6, 6.07) is 15.8. The van der Waals surface area contributed by atoms with Crippen molar-refractivity contribution in [1.82, 2.24) is 15.3 Å². The van der Waals surface area contributed by atoms with Crippen LogP contribution in [0.25, 0.3) is 11.3 Å². The summed E-state index contributed by atoms with van der Waals surface area (Å²) in [6.07, 6.45) is 2.58. The Bertz CT molecular complexity index is 868. The smallest absolute Gasteiger partial charge is 0.252 e. The minimum atomic E-state index is -0.148. The van der Waals surface area contributed by atoms with Crippen LogP contribution >= 0.6 is 0 Å². The van der Waals surface area contributed by atoms with Gasteiger partial charge in [-0.1, -0.05) is 55.0 Å². The number of aryl methyl sites for hydroxylation is 2. The molecule has 1 aromatic heterocycles. The highest BCUT2D eigenvalue weighted by molar-refractivity contribution is 5.96. The van der Waals surface area contributed by atoms with Crippen molar-refractivity contribution in [2.45, 2.75) is 33.2 Å². The molecular formula is C21H23N3O. The molecule has 0 aliphatic heterocycles. The molecule has 128 valence electrons. The van der Waals surface area contributed by atoms with Gasteiger partial charge in [0.15, 0.2) is 0 Å². The number of carbonyl (C=O) groups is 1. The number of carbonyl (C=O) groups excluding carboxylic acids is 1. The molecule has 0 fully saturated rings. The first kappa shape index (κ1) is 17.0. The van der Waals surface area contributed by atoms with Crippen molar-refractivity contribution in [3.8, 4) is 11.3 Å². The molecule has 3 rings (SSSR count). The van der Waals surface area contributed by atoms with Gasteiger partial charge < -0.3 is 10.3 Å². The second-order valence-corrected chi connectivity index (χ2v) is 6.30. The third-order valence-electron chi connectivity index (χ3n) is 4.36. The van der Waals surface area contributed by atoms with Gasteiger partial charge in [-0.15, -0.1) is 0 Å². The van der Waals surface area contributed by atoms with E-state index in [1.807, 2.05) is 75.5 Å². The van der Waals surface area contributed by atoms with E-state index in [1.165, 1.54) is 0 Å². The van der Waals surface area contributed by atoms with E-state index in [4.69, 9.17) is 0 Å². The number of amides is 1. The molecule has 0 aliphatic carbocycles. The molecule has 4 nitrogen and oxygen atoms in total. The minimum Gasteiger partial charge on any atom is -0.342 e. The topological polar surface area (TPSA) is 57.8 Å². The van der Waals surface area contributed by atoms with Crippen LogP contribution in [0.15, 0.2) is 54.7 Å². The number of nitrogens with zero attached hydrogens (tertiary/aromatic N) is 1. The van der Waals surface area contributed by atoms with Gasteiger partial charge in [-0.05, 0) is 37.5 Å². The van der Waals surface area contributed by atoms with Gasteiger partial charge in [-0.2, -0.15) is 0 Å². The van der Waals surface area contributed by atoms with Crippen LogP contribution in [0.2, 0.25) is 0 Å². The molecule has 0 spiro atoms. The maximum atomic E-state index is 12.7. The Morgan fingerprint density at radius 2 is 1.92 bits per heavy atom. The third kappa shape index (κ3) is 3.79. The average molecular weight is 333 g/mol. The van der Waals surface area contributed by atoms with Gasteiger partial charge in [0.25, 0.3) is 5.91 Å². The molecule has 0 aliphatic rings. The fourth-order valence-corrected chi connectivity index (χ4v) is 2.86. The van der Waals surface area contributed by atoms with Gasteiger partial charge in [0.1, 0.15) is 5.82 Å². The summed E-state index contributed by atoms with van der Waals surface area (Å²) in [4.78, 5) is 20.5. The van der Waals surface area contributed by atoms with E-state index in [0.717, 1.165) is 34.6 Å². The normalized spacial score (nSPS) is 12.0. The van der Waals surface area contributed by atoms with Crippen LogP contribution in [0.5, 0.6) is 0 Å². The highest BCUT2D eigenvalue weighted by atomic mass is 16.1. The number of aromatic nitrogens is 2. The molecule has 4 heteroatoms. The molecule has 1 unspecified atom stereocenters. The molecule has 1 heterocycles. The molecule has 0 saturated heterocycles. The second kappa shape index (κ2) is 7.34. The molecule has 1 atom stereocenters. The Balaban J connectivity index is 1.80. The highest BCUT2D eigenvalue weighted by Crippen LogP contribution is 2.21. The molecule has 0 saturated carbocycles. The number of benzene rings is 2. The summed E-state index contributed by atoms with van der Waals surface area (Å²) in [5.74, 6) is 0.714. The van der Waals surface area contributed by atoms with E-state index in [2.05, 4.69) is 15.3 Å². The number of hydrogen-bond donors (Lipinski definition) is 2. The lowest BCUT2D eigenvalue weighted by Gasteiger charge is -2.16. The van der Waals surface area contributed by atoms with Gasteiger partial charge in [0.05, 0.1) is 17.9 Å². The first-order chi connectivity index (χ1) is 12.1. The predicted octanol–water partition coefficient (Wildman–Crippen LogP) is 4.57. The lowest BCUT2D eigenvalue weighted by atomic mass is 10.0. The second-order valence-electron chi connectivity index (χ2n) is 6.30. The van der Waals surface area contributed by atoms with Crippen LogP contribution in [0.4, 0.5) is 0 Å². The number of imidazole rings is 1. The number of aromatic amines is 1. The van der Waals surface area contributed by atoms with Crippen LogP contribution in [-0.4, -0.2) is 15.9 Å². The van der Waals surface area contributed by atoms with Crippen molar-refractivity contribution in [3.05, 3.63) is 77.2 Å².